The lowest BCUT2D eigenvalue weighted by atomic mass is 10.1. The van der Waals surface area contributed by atoms with Crippen LogP contribution in [0.2, 0.25) is 0 Å². The number of carboxylic acid groups (broad SMARTS) is 1. The molecule has 0 aliphatic carbocycles. The third-order valence-corrected chi connectivity index (χ3v) is 6.74. The summed E-state index contributed by atoms with van der Waals surface area (Å²) in [4.78, 5) is 42.1. The Kier molecular flexibility index (Phi) is 8.67. The van der Waals surface area contributed by atoms with Crippen molar-refractivity contribution >= 4 is 46.5 Å². The number of esters is 1. The molecule has 39 heavy (non-hydrogen) atoms. The molecule has 1 aliphatic heterocycles. The van der Waals surface area contributed by atoms with Gasteiger partial charge in [0, 0.05) is 7.05 Å². The SMILES string of the molecule is CCOc1cc(/C=C2\SC(=Nc3ccc(C(=O)OC)cc3)N(C)C2=O)ccc1OCc1ccc(C(=O)O)cc1. The van der Waals surface area contributed by atoms with Crippen LogP contribution in [0.25, 0.3) is 6.08 Å². The second kappa shape index (κ2) is 12.3. The van der Waals surface area contributed by atoms with Gasteiger partial charge in [-0.25, -0.2) is 14.6 Å². The van der Waals surface area contributed by atoms with E-state index in [1.807, 2.05) is 13.0 Å². The molecule has 1 heterocycles. The van der Waals surface area contributed by atoms with Gasteiger partial charge in [0.05, 0.1) is 35.4 Å². The van der Waals surface area contributed by atoms with Crippen molar-refractivity contribution in [3.63, 3.8) is 0 Å². The van der Waals surface area contributed by atoms with E-state index in [-0.39, 0.29) is 18.1 Å². The van der Waals surface area contributed by atoms with Gasteiger partial charge in [-0.15, -0.1) is 0 Å². The van der Waals surface area contributed by atoms with E-state index < -0.39 is 11.9 Å². The Bertz CT molecular complexity index is 1450. The van der Waals surface area contributed by atoms with Gasteiger partial charge in [-0.05, 0) is 84.4 Å². The summed E-state index contributed by atoms with van der Waals surface area (Å²) in [5.41, 5.74) is 2.80. The van der Waals surface area contributed by atoms with Crippen LogP contribution in [-0.2, 0) is 16.1 Å². The van der Waals surface area contributed by atoms with Crippen LogP contribution < -0.4 is 9.47 Å². The van der Waals surface area contributed by atoms with E-state index in [9.17, 15) is 14.4 Å². The van der Waals surface area contributed by atoms with Crippen molar-refractivity contribution in [2.75, 3.05) is 20.8 Å². The van der Waals surface area contributed by atoms with Crippen LogP contribution >= 0.6 is 11.8 Å². The fourth-order valence-electron chi connectivity index (χ4n) is 3.61. The zero-order chi connectivity index (χ0) is 27.9. The predicted octanol–water partition coefficient (Wildman–Crippen LogP) is 5.38. The van der Waals surface area contributed by atoms with E-state index in [1.54, 1.807) is 61.7 Å². The van der Waals surface area contributed by atoms with Crippen molar-refractivity contribution in [3.05, 3.63) is 93.9 Å². The monoisotopic (exact) mass is 546 g/mol. The van der Waals surface area contributed by atoms with Crippen LogP contribution in [0.15, 0.2) is 76.6 Å². The number of carbonyl (C=O) groups is 3. The number of carboxylic acids is 1. The number of likely N-dealkylation sites (N-methyl/N-ethyl adjacent to an activating group) is 1. The van der Waals surface area contributed by atoms with Gasteiger partial charge in [0.25, 0.3) is 5.91 Å². The van der Waals surface area contributed by atoms with E-state index in [2.05, 4.69) is 4.99 Å². The van der Waals surface area contributed by atoms with Crippen molar-refractivity contribution in [2.45, 2.75) is 13.5 Å². The topological polar surface area (TPSA) is 115 Å². The van der Waals surface area contributed by atoms with Crippen LogP contribution in [0, 0.1) is 0 Å². The minimum absolute atomic E-state index is 0.187. The molecule has 0 spiro atoms. The van der Waals surface area contributed by atoms with Crippen LogP contribution in [0.4, 0.5) is 5.69 Å². The molecular formula is C29H26N2O7S. The predicted molar refractivity (Wildman–Crippen MR) is 149 cm³/mol. The fourth-order valence-corrected chi connectivity index (χ4v) is 4.60. The quantitative estimate of drug-likeness (QED) is 0.281. The number of ether oxygens (including phenoxy) is 3. The van der Waals surface area contributed by atoms with E-state index in [1.165, 1.54) is 35.9 Å². The molecule has 0 radical (unpaired) electrons. The summed E-state index contributed by atoms with van der Waals surface area (Å²) in [6.07, 6.45) is 1.77. The first-order valence-electron chi connectivity index (χ1n) is 12.0. The minimum atomic E-state index is -0.983. The van der Waals surface area contributed by atoms with Gasteiger partial charge in [0.15, 0.2) is 16.7 Å². The number of rotatable bonds is 9. The van der Waals surface area contributed by atoms with Crippen molar-refractivity contribution < 1.29 is 33.7 Å². The Balaban J connectivity index is 1.50. The van der Waals surface area contributed by atoms with Gasteiger partial charge in [-0.2, -0.15) is 0 Å². The maximum Gasteiger partial charge on any atom is 0.337 e. The molecule has 1 N–H and O–H groups in total. The zero-order valence-electron chi connectivity index (χ0n) is 21.5. The molecule has 3 aromatic carbocycles. The fraction of sp³-hybridized carbons (Fsp3) is 0.172. The number of carbonyl (C=O) groups excluding carboxylic acids is 2. The highest BCUT2D eigenvalue weighted by molar-refractivity contribution is 8.18. The second-order valence-electron chi connectivity index (χ2n) is 8.34. The summed E-state index contributed by atoms with van der Waals surface area (Å²) in [7, 11) is 2.98. The Hall–Kier alpha value is -4.57. The molecule has 200 valence electrons. The number of amidine groups is 1. The molecular weight excluding hydrogens is 520 g/mol. The Morgan fingerprint density at radius 2 is 1.67 bits per heavy atom. The molecule has 10 heteroatoms. The maximum atomic E-state index is 12.9. The Morgan fingerprint density at radius 3 is 2.31 bits per heavy atom. The van der Waals surface area contributed by atoms with E-state index in [0.717, 1.165) is 11.1 Å². The molecule has 4 rings (SSSR count). The average Bonchev–Trinajstić information content (AvgIpc) is 3.20. The van der Waals surface area contributed by atoms with Gasteiger partial charge in [0.1, 0.15) is 6.61 Å². The van der Waals surface area contributed by atoms with E-state index in [0.29, 0.717) is 39.4 Å². The van der Waals surface area contributed by atoms with E-state index in [4.69, 9.17) is 19.3 Å². The molecule has 3 aromatic rings. The Labute approximate surface area is 229 Å². The highest BCUT2D eigenvalue weighted by atomic mass is 32.2. The number of benzene rings is 3. The number of aliphatic imine (C=N–C) groups is 1. The number of amides is 1. The van der Waals surface area contributed by atoms with Gasteiger partial charge in [-0.3, -0.25) is 9.69 Å². The third kappa shape index (κ3) is 6.66. The number of hydrogen-bond acceptors (Lipinski definition) is 8. The summed E-state index contributed by atoms with van der Waals surface area (Å²) in [5.74, 6) is -0.547. The zero-order valence-corrected chi connectivity index (χ0v) is 22.4. The van der Waals surface area contributed by atoms with Crippen molar-refractivity contribution in [1.82, 2.24) is 4.90 Å². The molecule has 1 aliphatic rings. The normalized spacial score (nSPS) is 15.1. The number of hydrogen-bond donors (Lipinski definition) is 1. The smallest absolute Gasteiger partial charge is 0.337 e. The lowest BCUT2D eigenvalue weighted by Crippen LogP contribution is -2.23. The lowest BCUT2D eigenvalue weighted by Gasteiger charge is -2.13. The van der Waals surface area contributed by atoms with Crippen molar-refractivity contribution in [3.8, 4) is 11.5 Å². The van der Waals surface area contributed by atoms with Crippen molar-refractivity contribution in [1.29, 1.82) is 0 Å². The number of aromatic carboxylic acids is 1. The van der Waals surface area contributed by atoms with Crippen LogP contribution in [0.3, 0.4) is 0 Å². The highest BCUT2D eigenvalue weighted by Gasteiger charge is 2.30. The summed E-state index contributed by atoms with van der Waals surface area (Å²) in [6.45, 7) is 2.52. The molecule has 0 unspecified atom stereocenters. The van der Waals surface area contributed by atoms with Gasteiger partial charge in [0.2, 0.25) is 0 Å². The average molecular weight is 547 g/mol. The summed E-state index contributed by atoms with van der Waals surface area (Å²) >= 11 is 1.25. The van der Waals surface area contributed by atoms with Gasteiger partial charge < -0.3 is 19.3 Å². The van der Waals surface area contributed by atoms with E-state index >= 15 is 0 Å². The van der Waals surface area contributed by atoms with Gasteiger partial charge in [-0.1, -0.05) is 18.2 Å². The van der Waals surface area contributed by atoms with Gasteiger partial charge >= 0.3 is 11.9 Å². The van der Waals surface area contributed by atoms with Crippen LogP contribution in [-0.4, -0.2) is 53.8 Å². The van der Waals surface area contributed by atoms with Crippen molar-refractivity contribution in [2.24, 2.45) is 4.99 Å². The Morgan fingerprint density at radius 1 is 0.974 bits per heavy atom. The highest BCUT2D eigenvalue weighted by Crippen LogP contribution is 2.35. The maximum absolute atomic E-state index is 12.9. The molecule has 9 nitrogen and oxygen atoms in total. The first-order chi connectivity index (χ1) is 18.8. The molecule has 1 saturated heterocycles. The third-order valence-electron chi connectivity index (χ3n) is 5.68. The number of thioether (sulfide) groups is 1. The first-order valence-corrected chi connectivity index (χ1v) is 12.8. The summed E-state index contributed by atoms with van der Waals surface area (Å²) < 4.78 is 16.4. The molecule has 1 fully saturated rings. The second-order valence-corrected chi connectivity index (χ2v) is 9.35. The molecule has 0 saturated carbocycles. The summed E-state index contributed by atoms with van der Waals surface area (Å²) in [5, 5.41) is 9.56. The number of nitrogens with zero attached hydrogens (tertiary/aromatic N) is 2. The first kappa shape index (κ1) is 27.5. The van der Waals surface area contributed by atoms with Crippen LogP contribution in [0.1, 0.15) is 38.8 Å². The van der Waals surface area contributed by atoms with Crippen LogP contribution in [0.5, 0.6) is 11.5 Å². The molecule has 0 bridgehead atoms. The number of methoxy groups -OCH3 is 1. The molecule has 0 atom stereocenters. The molecule has 1 amide bonds. The summed E-state index contributed by atoms with van der Waals surface area (Å²) in [6, 6.07) is 18.5. The minimum Gasteiger partial charge on any atom is -0.490 e. The standard InChI is InChI=1S/C29H26N2O7S/c1-4-37-24-15-19(7-14-23(24)38-17-18-5-8-20(9-6-18)27(33)34)16-25-26(32)31(2)29(39-25)30-22-12-10-21(11-13-22)28(35)36-3/h5-16H,4,17H2,1-3H3,(H,33,34)/b25-16-,30-29?. The lowest BCUT2D eigenvalue weighted by molar-refractivity contribution is -0.121. The molecule has 0 aromatic heterocycles. The largest absolute Gasteiger partial charge is 0.490 e.